The molecule has 26 heavy (non-hydrogen) atoms. The predicted octanol–water partition coefficient (Wildman–Crippen LogP) is 3.41. The summed E-state index contributed by atoms with van der Waals surface area (Å²) in [6, 6.07) is 8.07. The molecular weight excluding hydrogens is 326 g/mol. The first-order valence-corrected chi connectivity index (χ1v) is 9.34. The second kappa shape index (κ2) is 7.41. The summed E-state index contributed by atoms with van der Waals surface area (Å²) in [4.78, 5) is 4.61. The monoisotopic (exact) mass is 351 g/mol. The van der Waals surface area contributed by atoms with E-state index in [2.05, 4.69) is 27.5 Å². The van der Waals surface area contributed by atoms with E-state index < -0.39 is 0 Å². The molecule has 1 fully saturated rings. The first-order valence-electron chi connectivity index (χ1n) is 9.34. The van der Waals surface area contributed by atoms with Gasteiger partial charge >= 0.3 is 0 Å². The third-order valence-electron chi connectivity index (χ3n) is 5.25. The third-order valence-corrected chi connectivity index (χ3v) is 5.25. The molecule has 0 spiro atoms. The minimum atomic E-state index is 0.566. The van der Waals surface area contributed by atoms with Crippen LogP contribution in [0, 0.1) is 18.8 Å². The van der Waals surface area contributed by atoms with Crippen molar-refractivity contribution in [1.82, 2.24) is 25.2 Å². The molecule has 136 valence electrons. The van der Waals surface area contributed by atoms with Gasteiger partial charge in [-0.1, -0.05) is 12.1 Å². The molecule has 3 heterocycles. The van der Waals surface area contributed by atoms with Gasteiger partial charge in [-0.3, -0.25) is 0 Å². The van der Waals surface area contributed by atoms with Crippen LogP contribution >= 0.6 is 0 Å². The van der Waals surface area contributed by atoms with Gasteiger partial charge in [-0.2, -0.15) is 10.1 Å². The van der Waals surface area contributed by atoms with Crippen LogP contribution in [0.25, 0.3) is 17.1 Å². The third kappa shape index (κ3) is 3.70. The minimum Gasteiger partial charge on any atom is -0.339 e. The van der Waals surface area contributed by atoms with Gasteiger partial charge in [0, 0.05) is 18.2 Å². The highest BCUT2D eigenvalue weighted by atomic mass is 16.5. The molecule has 6 heteroatoms. The molecule has 1 aromatic carbocycles. The van der Waals surface area contributed by atoms with E-state index >= 15 is 0 Å². The average molecular weight is 351 g/mol. The van der Waals surface area contributed by atoms with E-state index in [0.717, 1.165) is 48.1 Å². The molecule has 0 amide bonds. The van der Waals surface area contributed by atoms with Crippen LogP contribution in [0.1, 0.15) is 31.2 Å². The van der Waals surface area contributed by atoms with Crippen molar-refractivity contribution < 1.29 is 4.52 Å². The van der Waals surface area contributed by atoms with Crippen LogP contribution in [0.15, 0.2) is 41.2 Å². The Morgan fingerprint density at radius 3 is 2.69 bits per heavy atom. The Morgan fingerprint density at radius 1 is 1.23 bits per heavy atom. The van der Waals surface area contributed by atoms with E-state index in [1.165, 1.54) is 12.8 Å². The molecule has 1 aliphatic rings. The summed E-state index contributed by atoms with van der Waals surface area (Å²) in [6.07, 6.45) is 7.17. The lowest BCUT2D eigenvalue weighted by Gasteiger charge is -2.27. The van der Waals surface area contributed by atoms with Crippen molar-refractivity contribution in [3.05, 3.63) is 48.1 Å². The van der Waals surface area contributed by atoms with Crippen molar-refractivity contribution in [2.24, 2.45) is 11.8 Å². The molecule has 1 N–H and O–H groups in total. The summed E-state index contributed by atoms with van der Waals surface area (Å²) in [5.74, 6) is 2.69. The second-order valence-electron chi connectivity index (χ2n) is 7.29. The van der Waals surface area contributed by atoms with E-state index in [-0.39, 0.29) is 0 Å². The smallest absolute Gasteiger partial charge is 0.227 e. The van der Waals surface area contributed by atoms with Gasteiger partial charge < -0.3 is 9.84 Å². The average Bonchev–Trinajstić information content (AvgIpc) is 3.32. The summed E-state index contributed by atoms with van der Waals surface area (Å²) in [7, 11) is 0. The maximum absolute atomic E-state index is 5.50. The van der Waals surface area contributed by atoms with Gasteiger partial charge in [-0.15, -0.1) is 0 Å². The van der Waals surface area contributed by atoms with Crippen molar-refractivity contribution in [1.29, 1.82) is 0 Å². The zero-order chi connectivity index (χ0) is 17.9. The van der Waals surface area contributed by atoms with Crippen LogP contribution < -0.4 is 5.32 Å². The molecule has 0 saturated carbocycles. The van der Waals surface area contributed by atoms with Crippen LogP contribution in [-0.4, -0.2) is 33.0 Å². The van der Waals surface area contributed by atoms with Gasteiger partial charge in [0.15, 0.2) is 0 Å². The zero-order valence-corrected chi connectivity index (χ0v) is 15.4. The lowest BCUT2D eigenvalue weighted by atomic mass is 9.84. The molecule has 1 saturated heterocycles. The van der Waals surface area contributed by atoms with Crippen molar-refractivity contribution in [2.75, 3.05) is 13.1 Å². The Balaban J connectivity index is 1.44. The van der Waals surface area contributed by atoms with Gasteiger partial charge in [0.1, 0.15) is 0 Å². The number of benzene rings is 1. The fraction of sp³-hybridized carbons (Fsp3) is 0.450. The van der Waals surface area contributed by atoms with Crippen molar-refractivity contribution >= 4 is 0 Å². The molecule has 0 aliphatic carbocycles. The van der Waals surface area contributed by atoms with E-state index in [4.69, 9.17) is 4.52 Å². The number of aromatic nitrogens is 4. The number of aryl methyl sites for hydroxylation is 1. The number of nitrogens with one attached hydrogen (secondary N) is 1. The van der Waals surface area contributed by atoms with Crippen LogP contribution in [0.2, 0.25) is 0 Å². The highest BCUT2D eigenvalue weighted by Crippen LogP contribution is 2.25. The van der Waals surface area contributed by atoms with Crippen LogP contribution in [0.4, 0.5) is 0 Å². The lowest BCUT2D eigenvalue weighted by Crippen LogP contribution is -2.31. The Labute approximate surface area is 153 Å². The van der Waals surface area contributed by atoms with Crippen molar-refractivity contribution in [3.63, 3.8) is 0 Å². The maximum Gasteiger partial charge on any atom is 0.227 e. The topological polar surface area (TPSA) is 68.8 Å². The summed E-state index contributed by atoms with van der Waals surface area (Å²) in [6.45, 7) is 6.56. The van der Waals surface area contributed by atoms with Crippen LogP contribution in [-0.2, 0) is 6.42 Å². The fourth-order valence-corrected chi connectivity index (χ4v) is 3.63. The molecule has 0 radical (unpaired) electrons. The molecule has 2 aromatic heterocycles. The number of rotatable bonds is 5. The highest BCUT2D eigenvalue weighted by Gasteiger charge is 2.22. The summed E-state index contributed by atoms with van der Waals surface area (Å²) in [5.41, 5.74) is 3.12. The van der Waals surface area contributed by atoms with E-state index in [9.17, 15) is 0 Å². The summed E-state index contributed by atoms with van der Waals surface area (Å²) in [5, 5.41) is 11.9. The largest absolute Gasteiger partial charge is 0.339 e. The first-order chi connectivity index (χ1) is 12.7. The number of hydrogen-bond donors (Lipinski definition) is 1. The van der Waals surface area contributed by atoms with Gasteiger partial charge in [0.25, 0.3) is 0 Å². The Bertz CT molecular complexity index is 845. The molecular formula is C20H25N5O. The van der Waals surface area contributed by atoms with Gasteiger partial charge in [0.2, 0.25) is 11.7 Å². The molecule has 1 atom stereocenters. The fourth-order valence-electron chi connectivity index (χ4n) is 3.63. The Hall–Kier alpha value is -2.47. The summed E-state index contributed by atoms with van der Waals surface area (Å²) < 4.78 is 7.37. The molecule has 6 nitrogen and oxygen atoms in total. The molecule has 1 unspecified atom stereocenters. The van der Waals surface area contributed by atoms with Crippen molar-refractivity contribution in [3.8, 4) is 17.1 Å². The Morgan fingerprint density at radius 2 is 2.00 bits per heavy atom. The Kier molecular flexibility index (Phi) is 4.84. The SMILES string of the molecule is Cc1cnn(-c2ccc(-c3noc(CC(C)C4CCNCC4)n3)cc2)c1. The number of piperidine rings is 1. The van der Waals surface area contributed by atoms with Gasteiger partial charge in [0.05, 0.1) is 11.9 Å². The molecule has 0 bridgehead atoms. The molecule has 3 aromatic rings. The van der Waals surface area contributed by atoms with Gasteiger partial charge in [-0.25, -0.2) is 4.68 Å². The number of hydrogen-bond acceptors (Lipinski definition) is 5. The quantitative estimate of drug-likeness (QED) is 0.763. The number of nitrogens with zero attached hydrogens (tertiary/aromatic N) is 4. The van der Waals surface area contributed by atoms with Crippen LogP contribution in [0.5, 0.6) is 0 Å². The predicted molar refractivity (Wildman–Crippen MR) is 100 cm³/mol. The standard InChI is InChI=1S/C20H25N5O/c1-14-12-22-25(13-14)18-5-3-17(4-6-18)20-23-19(26-24-20)11-15(2)16-7-9-21-10-8-16/h3-6,12-13,15-16,21H,7-11H2,1-2H3. The molecule has 4 rings (SSSR count). The lowest BCUT2D eigenvalue weighted by molar-refractivity contribution is 0.253. The van der Waals surface area contributed by atoms with E-state index in [1.54, 1.807) is 0 Å². The van der Waals surface area contributed by atoms with Crippen molar-refractivity contribution in [2.45, 2.75) is 33.1 Å². The maximum atomic E-state index is 5.50. The van der Waals surface area contributed by atoms with E-state index in [1.807, 2.05) is 48.3 Å². The van der Waals surface area contributed by atoms with Crippen LogP contribution in [0.3, 0.4) is 0 Å². The van der Waals surface area contributed by atoms with E-state index in [0.29, 0.717) is 11.7 Å². The summed E-state index contributed by atoms with van der Waals surface area (Å²) >= 11 is 0. The first kappa shape index (κ1) is 17.0. The molecule has 1 aliphatic heterocycles. The van der Waals surface area contributed by atoms with Gasteiger partial charge in [-0.05, 0) is 74.5 Å². The normalized spacial score (nSPS) is 16.7. The zero-order valence-electron chi connectivity index (χ0n) is 15.4. The minimum absolute atomic E-state index is 0.566. The second-order valence-corrected chi connectivity index (χ2v) is 7.29. The highest BCUT2D eigenvalue weighted by molar-refractivity contribution is 5.56.